The maximum absolute atomic E-state index is 14.1. The largest absolute Gasteiger partial charge is 0.488 e. The predicted octanol–water partition coefficient (Wildman–Crippen LogP) is 1.44. The summed E-state index contributed by atoms with van der Waals surface area (Å²) in [7, 11) is 0. The maximum Gasteiger partial charge on any atom is 0.408 e. The van der Waals surface area contributed by atoms with E-state index < -0.39 is 30.1 Å². The molecule has 2 bridgehead atoms. The Balaban J connectivity index is 1.36. The van der Waals surface area contributed by atoms with E-state index in [2.05, 4.69) is 15.3 Å². The third-order valence-electron chi connectivity index (χ3n) is 6.95. The Bertz CT molecular complexity index is 1230. The summed E-state index contributed by atoms with van der Waals surface area (Å²) in [5.74, 6) is 0.433. The van der Waals surface area contributed by atoms with E-state index in [0.29, 0.717) is 43.7 Å². The average Bonchev–Trinajstić information content (AvgIpc) is 3.47. The second-order valence-electron chi connectivity index (χ2n) is 9.14. The Morgan fingerprint density at radius 1 is 1.29 bits per heavy atom. The van der Waals surface area contributed by atoms with Crippen molar-refractivity contribution in [3.8, 4) is 5.75 Å². The average molecular weight is 492 g/mol. The van der Waals surface area contributed by atoms with Crippen LogP contribution in [0.5, 0.6) is 5.75 Å². The number of alkyl halides is 3. The molecule has 2 fully saturated rings. The van der Waals surface area contributed by atoms with Crippen LogP contribution in [0.4, 0.5) is 30.8 Å². The molecule has 0 aromatic carbocycles. The SMILES string of the molecule is O=C(CN1c2nc(N3C[C@@H]4C[C@H]3CO4)cc(=O)n2CC[C@H]1C(F)(F)F)c1cnc2c(c1)OCCN2. The fraction of sp³-hybridized carbons (Fsp3) is 0.545. The van der Waals surface area contributed by atoms with Gasteiger partial charge in [0.25, 0.3) is 5.56 Å². The van der Waals surface area contributed by atoms with Crippen molar-refractivity contribution in [2.75, 3.05) is 48.0 Å². The zero-order valence-corrected chi connectivity index (χ0v) is 18.6. The molecule has 0 radical (unpaired) electrons. The van der Waals surface area contributed by atoms with Gasteiger partial charge in [-0.25, -0.2) is 4.98 Å². The molecular weight excluding hydrogens is 469 g/mol. The van der Waals surface area contributed by atoms with Crippen molar-refractivity contribution < 1.29 is 27.4 Å². The quantitative estimate of drug-likeness (QED) is 0.636. The van der Waals surface area contributed by atoms with E-state index in [1.807, 2.05) is 4.90 Å². The molecule has 13 heteroatoms. The molecule has 3 atom stereocenters. The van der Waals surface area contributed by atoms with Crippen LogP contribution in [0.2, 0.25) is 0 Å². The number of hydrogen-bond acceptors (Lipinski definition) is 9. The molecular formula is C22H23F3N6O4. The van der Waals surface area contributed by atoms with E-state index >= 15 is 0 Å². The van der Waals surface area contributed by atoms with Gasteiger partial charge in [0, 0.05) is 30.9 Å². The number of rotatable bonds is 4. The summed E-state index contributed by atoms with van der Waals surface area (Å²) in [5, 5.41) is 3.03. The van der Waals surface area contributed by atoms with Gasteiger partial charge in [-0.3, -0.25) is 14.2 Å². The zero-order chi connectivity index (χ0) is 24.3. The van der Waals surface area contributed by atoms with Crippen LogP contribution >= 0.6 is 0 Å². The number of aromatic nitrogens is 3. The molecule has 10 nitrogen and oxygen atoms in total. The molecule has 2 saturated heterocycles. The Hall–Kier alpha value is -3.35. The summed E-state index contributed by atoms with van der Waals surface area (Å²) in [5.41, 5.74) is -0.320. The van der Waals surface area contributed by atoms with E-state index in [0.717, 1.165) is 11.3 Å². The van der Waals surface area contributed by atoms with Gasteiger partial charge in [-0.05, 0) is 18.9 Å². The number of ketones is 1. The van der Waals surface area contributed by atoms with Crippen LogP contribution in [-0.4, -0.2) is 77.5 Å². The second-order valence-corrected chi connectivity index (χ2v) is 9.14. The molecule has 4 aliphatic heterocycles. The molecule has 1 N–H and O–H groups in total. The van der Waals surface area contributed by atoms with Gasteiger partial charge in [-0.2, -0.15) is 18.2 Å². The molecule has 0 amide bonds. The van der Waals surface area contributed by atoms with Gasteiger partial charge in [0.05, 0.1) is 31.8 Å². The lowest BCUT2D eigenvalue weighted by Gasteiger charge is -2.39. The summed E-state index contributed by atoms with van der Waals surface area (Å²) in [6.07, 6.45) is -2.85. The minimum Gasteiger partial charge on any atom is -0.488 e. The van der Waals surface area contributed by atoms with Crippen LogP contribution in [0.15, 0.2) is 23.1 Å². The number of halogens is 3. The fourth-order valence-corrected chi connectivity index (χ4v) is 5.22. The van der Waals surface area contributed by atoms with Crippen LogP contribution in [0, 0.1) is 0 Å². The Kier molecular flexibility index (Phi) is 5.13. The number of pyridine rings is 1. The fourth-order valence-electron chi connectivity index (χ4n) is 5.22. The number of nitrogens with zero attached hydrogens (tertiary/aromatic N) is 5. The number of morpholine rings is 1. The third kappa shape index (κ3) is 3.87. The molecule has 0 unspecified atom stereocenters. The van der Waals surface area contributed by atoms with E-state index in [4.69, 9.17) is 9.47 Å². The molecule has 0 spiro atoms. The van der Waals surface area contributed by atoms with Crippen molar-refractivity contribution in [3.63, 3.8) is 0 Å². The summed E-state index contributed by atoms with van der Waals surface area (Å²) in [4.78, 5) is 37.5. The minimum absolute atomic E-state index is 0.0226. The van der Waals surface area contributed by atoms with Gasteiger partial charge < -0.3 is 24.6 Å². The lowest BCUT2D eigenvalue weighted by Crippen LogP contribution is -2.54. The highest BCUT2D eigenvalue weighted by Crippen LogP contribution is 2.36. The number of carbonyl (C=O) groups excluding carboxylic acids is 1. The highest BCUT2D eigenvalue weighted by molar-refractivity contribution is 5.99. The first-order chi connectivity index (χ1) is 16.8. The number of Topliss-reactive ketones (excluding diaryl/α,β-unsaturated/α-hetero) is 1. The predicted molar refractivity (Wildman–Crippen MR) is 118 cm³/mol. The highest BCUT2D eigenvalue weighted by atomic mass is 19.4. The van der Waals surface area contributed by atoms with Gasteiger partial charge in [-0.15, -0.1) is 0 Å². The molecule has 2 aromatic rings. The topological polar surface area (TPSA) is 102 Å². The first-order valence-corrected chi connectivity index (χ1v) is 11.5. The molecule has 4 aliphatic rings. The van der Waals surface area contributed by atoms with Crippen molar-refractivity contribution in [1.82, 2.24) is 14.5 Å². The Morgan fingerprint density at radius 2 is 2.14 bits per heavy atom. The van der Waals surface area contributed by atoms with Crippen LogP contribution in [0.25, 0.3) is 0 Å². The lowest BCUT2D eigenvalue weighted by molar-refractivity contribution is -0.152. The molecule has 0 aliphatic carbocycles. The monoisotopic (exact) mass is 492 g/mol. The molecule has 6 rings (SSSR count). The van der Waals surface area contributed by atoms with Crippen LogP contribution < -0.4 is 25.4 Å². The van der Waals surface area contributed by atoms with Crippen molar-refractivity contribution in [2.24, 2.45) is 0 Å². The minimum atomic E-state index is -4.61. The summed E-state index contributed by atoms with van der Waals surface area (Å²) in [6.45, 7) is 1.23. The highest BCUT2D eigenvalue weighted by Gasteiger charge is 2.48. The normalized spacial score (nSPS) is 25.1. The summed E-state index contributed by atoms with van der Waals surface area (Å²) < 4.78 is 54.5. The first kappa shape index (κ1) is 22.1. The number of fused-ring (bicyclic) bond motifs is 4. The van der Waals surface area contributed by atoms with Gasteiger partial charge in [0.2, 0.25) is 5.95 Å². The maximum atomic E-state index is 14.1. The van der Waals surface area contributed by atoms with Crippen molar-refractivity contribution in [1.29, 1.82) is 0 Å². The van der Waals surface area contributed by atoms with Crippen LogP contribution in [0.1, 0.15) is 23.2 Å². The lowest BCUT2D eigenvalue weighted by atomic mass is 10.1. The summed E-state index contributed by atoms with van der Waals surface area (Å²) in [6, 6.07) is 0.912. The molecule has 6 heterocycles. The van der Waals surface area contributed by atoms with Gasteiger partial charge >= 0.3 is 6.18 Å². The standard InChI is InChI=1S/C22H23F3N6O4/c23-22(24,25)17-1-3-29-19(33)7-18(30-9-14-6-13(30)11-35-14)28-21(29)31(17)10-15(32)12-5-16-20(27-8-12)26-2-4-34-16/h5,7-8,13-14,17H,1-4,6,9-11H2,(H,26,27)/t13-,14-,17-/m0/s1. The van der Waals surface area contributed by atoms with Crippen molar-refractivity contribution in [2.45, 2.75) is 43.8 Å². The number of nitrogens with one attached hydrogen (secondary N) is 1. The third-order valence-corrected chi connectivity index (χ3v) is 6.95. The van der Waals surface area contributed by atoms with Crippen LogP contribution in [-0.2, 0) is 11.3 Å². The Morgan fingerprint density at radius 3 is 2.89 bits per heavy atom. The number of carbonyl (C=O) groups is 1. The zero-order valence-electron chi connectivity index (χ0n) is 18.6. The number of anilines is 3. The molecule has 2 aromatic heterocycles. The van der Waals surface area contributed by atoms with E-state index in [1.165, 1.54) is 22.9 Å². The second kappa shape index (κ2) is 8.11. The number of ether oxygens (including phenoxy) is 2. The first-order valence-electron chi connectivity index (χ1n) is 11.5. The van der Waals surface area contributed by atoms with Gasteiger partial charge in [0.15, 0.2) is 17.4 Å². The van der Waals surface area contributed by atoms with E-state index in [-0.39, 0.29) is 36.6 Å². The smallest absolute Gasteiger partial charge is 0.408 e. The van der Waals surface area contributed by atoms with E-state index in [9.17, 15) is 22.8 Å². The van der Waals surface area contributed by atoms with E-state index in [1.54, 1.807) is 0 Å². The molecule has 186 valence electrons. The Labute approximate surface area is 197 Å². The van der Waals surface area contributed by atoms with Crippen molar-refractivity contribution >= 4 is 23.4 Å². The summed E-state index contributed by atoms with van der Waals surface area (Å²) >= 11 is 0. The van der Waals surface area contributed by atoms with Crippen LogP contribution in [0.3, 0.4) is 0 Å². The van der Waals surface area contributed by atoms with Crippen molar-refractivity contribution in [3.05, 3.63) is 34.2 Å². The number of hydrogen-bond donors (Lipinski definition) is 1. The molecule has 0 saturated carbocycles. The van der Waals surface area contributed by atoms with Gasteiger partial charge in [0.1, 0.15) is 18.5 Å². The van der Waals surface area contributed by atoms with Gasteiger partial charge in [-0.1, -0.05) is 0 Å². The molecule has 35 heavy (non-hydrogen) atoms.